The van der Waals surface area contributed by atoms with Gasteiger partial charge in [-0.25, -0.2) is 0 Å². The summed E-state index contributed by atoms with van der Waals surface area (Å²) in [6.45, 7) is 3.68. The highest BCUT2D eigenvalue weighted by molar-refractivity contribution is 5.28. The molecule has 3 heteroatoms. The van der Waals surface area contributed by atoms with Crippen LogP contribution < -0.4 is 4.74 Å². The highest BCUT2D eigenvalue weighted by Crippen LogP contribution is 2.27. The summed E-state index contributed by atoms with van der Waals surface area (Å²) in [4.78, 5) is 0. The molecule has 110 valence electrons. The minimum absolute atomic E-state index is 0.0226. The topological polar surface area (TPSA) is 38.7 Å². The van der Waals surface area contributed by atoms with Gasteiger partial charge in [-0.2, -0.15) is 0 Å². The van der Waals surface area contributed by atoms with E-state index in [9.17, 15) is 5.11 Å². The van der Waals surface area contributed by atoms with E-state index in [1.165, 1.54) is 5.56 Å². The maximum absolute atomic E-state index is 10.1. The summed E-state index contributed by atoms with van der Waals surface area (Å²) in [5.74, 6) is 0.878. The minimum Gasteiger partial charge on any atom is -0.497 e. The Balaban J connectivity index is 1.84. The molecular weight excluding hydrogens is 252 g/mol. The lowest BCUT2D eigenvalue weighted by atomic mass is 10.0. The molecule has 1 aliphatic heterocycles. The third-order valence-electron chi connectivity index (χ3n) is 3.83. The van der Waals surface area contributed by atoms with Crippen molar-refractivity contribution in [2.75, 3.05) is 7.11 Å². The van der Waals surface area contributed by atoms with Gasteiger partial charge >= 0.3 is 0 Å². The number of methoxy groups -OCH3 is 1. The van der Waals surface area contributed by atoms with Crippen molar-refractivity contribution in [3.05, 3.63) is 42.5 Å². The van der Waals surface area contributed by atoms with Gasteiger partial charge in [0, 0.05) is 0 Å². The zero-order chi connectivity index (χ0) is 14.4. The first-order valence-corrected chi connectivity index (χ1v) is 7.30. The summed E-state index contributed by atoms with van der Waals surface area (Å²) in [5, 5.41) is 10.1. The minimum atomic E-state index is -0.372. The average molecular weight is 276 g/mol. The summed E-state index contributed by atoms with van der Waals surface area (Å²) < 4.78 is 11.2. The molecule has 3 nitrogen and oxygen atoms in total. The molecular formula is C17H24O3. The van der Waals surface area contributed by atoms with Crippen molar-refractivity contribution in [1.29, 1.82) is 0 Å². The van der Waals surface area contributed by atoms with E-state index >= 15 is 0 Å². The van der Waals surface area contributed by atoms with Gasteiger partial charge in [-0.05, 0) is 49.8 Å². The van der Waals surface area contributed by atoms with Crippen LogP contribution in [0.5, 0.6) is 5.75 Å². The van der Waals surface area contributed by atoms with E-state index in [4.69, 9.17) is 9.47 Å². The number of aliphatic hydroxyl groups is 1. The number of aliphatic hydroxyl groups excluding tert-OH is 1. The fourth-order valence-corrected chi connectivity index (χ4v) is 2.70. The molecule has 20 heavy (non-hydrogen) atoms. The molecule has 0 bridgehead atoms. The van der Waals surface area contributed by atoms with Crippen molar-refractivity contribution in [3.8, 4) is 5.75 Å². The normalized spacial score (nSPS) is 23.5. The van der Waals surface area contributed by atoms with Gasteiger partial charge in [0.05, 0.1) is 25.4 Å². The standard InChI is InChI=1S/C17H24O3/c1-3-4-8-16(18)17-10-9-15(20-17)12-13-6-5-7-14(11-13)19-2/h3,5-7,11,15-18H,1,4,8-10,12H2,2H3/t15-,16-,17-/m1/s1. The maximum atomic E-state index is 10.1. The molecule has 1 saturated heterocycles. The van der Waals surface area contributed by atoms with Crippen LogP contribution in [-0.4, -0.2) is 30.5 Å². The quantitative estimate of drug-likeness (QED) is 0.778. The summed E-state index contributed by atoms with van der Waals surface area (Å²) in [6.07, 6.45) is 6.04. The van der Waals surface area contributed by atoms with Crippen molar-refractivity contribution in [2.45, 2.75) is 50.4 Å². The molecule has 0 saturated carbocycles. The Morgan fingerprint density at radius 1 is 1.50 bits per heavy atom. The van der Waals surface area contributed by atoms with Gasteiger partial charge < -0.3 is 14.6 Å². The van der Waals surface area contributed by atoms with Crippen molar-refractivity contribution in [2.24, 2.45) is 0 Å². The molecule has 2 rings (SSSR count). The van der Waals surface area contributed by atoms with E-state index in [0.717, 1.165) is 37.9 Å². The highest BCUT2D eigenvalue weighted by atomic mass is 16.5. The lowest BCUT2D eigenvalue weighted by Crippen LogP contribution is -2.26. The van der Waals surface area contributed by atoms with Crippen LogP contribution in [0.4, 0.5) is 0 Å². The maximum Gasteiger partial charge on any atom is 0.119 e. The molecule has 0 aromatic heterocycles. The van der Waals surface area contributed by atoms with E-state index < -0.39 is 0 Å². The predicted octanol–water partition coefficient (Wildman–Crippen LogP) is 3.11. The monoisotopic (exact) mass is 276 g/mol. The van der Waals surface area contributed by atoms with Crippen LogP contribution >= 0.6 is 0 Å². The Morgan fingerprint density at radius 2 is 2.35 bits per heavy atom. The third-order valence-corrected chi connectivity index (χ3v) is 3.83. The largest absolute Gasteiger partial charge is 0.497 e. The first-order valence-electron chi connectivity index (χ1n) is 7.30. The Morgan fingerprint density at radius 3 is 3.10 bits per heavy atom. The molecule has 1 aromatic carbocycles. The van der Waals surface area contributed by atoms with Gasteiger partial charge in [0.2, 0.25) is 0 Å². The number of ether oxygens (including phenoxy) is 2. The van der Waals surface area contributed by atoms with E-state index in [2.05, 4.69) is 12.6 Å². The molecule has 1 aromatic rings. The first kappa shape index (κ1) is 15.1. The van der Waals surface area contributed by atoms with Crippen molar-refractivity contribution < 1.29 is 14.6 Å². The lowest BCUT2D eigenvalue weighted by molar-refractivity contribution is -0.0359. The van der Waals surface area contributed by atoms with Crippen LogP contribution in [0.2, 0.25) is 0 Å². The molecule has 3 atom stereocenters. The van der Waals surface area contributed by atoms with E-state index in [-0.39, 0.29) is 18.3 Å². The van der Waals surface area contributed by atoms with Crippen LogP contribution in [-0.2, 0) is 11.2 Å². The van der Waals surface area contributed by atoms with Crippen LogP contribution in [0.15, 0.2) is 36.9 Å². The summed E-state index contributed by atoms with van der Waals surface area (Å²) in [7, 11) is 1.68. The Labute approximate surface area is 121 Å². The average Bonchev–Trinajstić information content (AvgIpc) is 2.93. The zero-order valence-corrected chi connectivity index (χ0v) is 12.1. The Kier molecular flexibility index (Phi) is 5.62. The Bertz CT molecular complexity index is 430. The second-order valence-electron chi connectivity index (χ2n) is 5.36. The fraction of sp³-hybridized carbons (Fsp3) is 0.529. The lowest BCUT2D eigenvalue weighted by Gasteiger charge is -2.19. The number of rotatable bonds is 7. The molecule has 0 radical (unpaired) electrons. The highest BCUT2D eigenvalue weighted by Gasteiger charge is 2.30. The smallest absolute Gasteiger partial charge is 0.119 e. The number of allylic oxidation sites excluding steroid dienone is 1. The van der Waals surface area contributed by atoms with Gasteiger partial charge in [0.1, 0.15) is 5.75 Å². The van der Waals surface area contributed by atoms with Crippen molar-refractivity contribution in [1.82, 2.24) is 0 Å². The summed E-state index contributed by atoms with van der Waals surface area (Å²) in [5.41, 5.74) is 1.22. The van der Waals surface area contributed by atoms with Gasteiger partial charge in [-0.3, -0.25) is 0 Å². The molecule has 1 fully saturated rings. The number of hydrogen-bond acceptors (Lipinski definition) is 3. The third kappa shape index (κ3) is 4.09. The molecule has 1 aliphatic rings. The van der Waals surface area contributed by atoms with Crippen LogP contribution in [0, 0.1) is 0 Å². The fourth-order valence-electron chi connectivity index (χ4n) is 2.70. The van der Waals surface area contributed by atoms with Crippen molar-refractivity contribution >= 4 is 0 Å². The van der Waals surface area contributed by atoms with Crippen molar-refractivity contribution in [3.63, 3.8) is 0 Å². The second-order valence-corrected chi connectivity index (χ2v) is 5.36. The molecule has 0 unspecified atom stereocenters. The summed E-state index contributed by atoms with van der Waals surface area (Å²) in [6, 6.07) is 8.08. The second kappa shape index (κ2) is 7.46. The zero-order valence-electron chi connectivity index (χ0n) is 12.1. The van der Waals surface area contributed by atoms with Gasteiger partial charge in [0.15, 0.2) is 0 Å². The molecule has 1 N–H and O–H groups in total. The number of benzene rings is 1. The van der Waals surface area contributed by atoms with Gasteiger partial charge in [-0.1, -0.05) is 18.2 Å². The summed E-state index contributed by atoms with van der Waals surface area (Å²) >= 11 is 0. The SMILES string of the molecule is C=CCC[C@@H](O)[C@H]1CC[C@H](Cc2cccc(OC)c2)O1. The van der Waals surface area contributed by atoms with E-state index in [1.54, 1.807) is 7.11 Å². The van der Waals surface area contributed by atoms with Gasteiger partial charge in [0.25, 0.3) is 0 Å². The predicted molar refractivity (Wildman–Crippen MR) is 80.0 cm³/mol. The Hall–Kier alpha value is -1.32. The van der Waals surface area contributed by atoms with E-state index in [0.29, 0.717) is 0 Å². The van der Waals surface area contributed by atoms with Crippen LogP contribution in [0.1, 0.15) is 31.2 Å². The van der Waals surface area contributed by atoms with Crippen LogP contribution in [0.3, 0.4) is 0 Å². The number of hydrogen-bond donors (Lipinski definition) is 1. The van der Waals surface area contributed by atoms with Crippen LogP contribution in [0.25, 0.3) is 0 Å². The van der Waals surface area contributed by atoms with E-state index in [1.807, 2.05) is 24.3 Å². The molecule has 0 aliphatic carbocycles. The molecule has 1 heterocycles. The molecule has 0 spiro atoms. The first-order chi connectivity index (χ1) is 9.72. The molecule has 0 amide bonds. The van der Waals surface area contributed by atoms with Gasteiger partial charge in [-0.15, -0.1) is 6.58 Å².